The molecule has 0 radical (unpaired) electrons. The van der Waals surface area contributed by atoms with Gasteiger partial charge < -0.3 is 25.0 Å². The van der Waals surface area contributed by atoms with Gasteiger partial charge >= 0.3 is 0 Å². The standard InChI is InChI=1S/C23H27N3O4/c1-29-19-9-5-8-17(10-19)12-24-18-11-21-22(27)25-20(23(28)26(21)13-18)15-30-14-16-6-3-2-4-7-16/h2-10,18,20-21,24H,11-15H2,1H3,(H,25,27)/t18-,20-,21-/m0/s1. The van der Waals surface area contributed by atoms with E-state index in [0.717, 1.165) is 16.9 Å². The lowest BCUT2D eigenvalue weighted by Crippen LogP contribution is -2.62. The highest BCUT2D eigenvalue weighted by molar-refractivity contribution is 5.97. The number of amides is 2. The fourth-order valence-corrected chi connectivity index (χ4v) is 4.03. The second-order valence-corrected chi connectivity index (χ2v) is 7.73. The molecule has 4 rings (SSSR count). The number of hydrogen-bond acceptors (Lipinski definition) is 5. The lowest BCUT2D eigenvalue weighted by molar-refractivity contribution is -0.148. The van der Waals surface area contributed by atoms with E-state index in [1.807, 2.05) is 54.6 Å². The van der Waals surface area contributed by atoms with Crippen LogP contribution < -0.4 is 15.4 Å². The van der Waals surface area contributed by atoms with E-state index in [4.69, 9.17) is 9.47 Å². The Morgan fingerprint density at radius 3 is 2.70 bits per heavy atom. The summed E-state index contributed by atoms with van der Waals surface area (Å²) >= 11 is 0. The molecule has 0 spiro atoms. The van der Waals surface area contributed by atoms with Gasteiger partial charge in [-0.25, -0.2) is 0 Å². The number of piperazine rings is 1. The van der Waals surface area contributed by atoms with Gasteiger partial charge in [-0.3, -0.25) is 9.59 Å². The maximum atomic E-state index is 12.9. The van der Waals surface area contributed by atoms with Gasteiger partial charge in [-0.15, -0.1) is 0 Å². The quantitative estimate of drug-likeness (QED) is 0.690. The molecule has 158 valence electrons. The molecule has 0 unspecified atom stereocenters. The average Bonchev–Trinajstić information content (AvgIpc) is 3.22. The van der Waals surface area contributed by atoms with Crippen molar-refractivity contribution >= 4 is 11.8 Å². The van der Waals surface area contributed by atoms with E-state index in [2.05, 4.69) is 10.6 Å². The summed E-state index contributed by atoms with van der Waals surface area (Å²) in [4.78, 5) is 27.1. The maximum Gasteiger partial charge on any atom is 0.248 e. The zero-order chi connectivity index (χ0) is 20.9. The van der Waals surface area contributed by atoms with Gasteiger partial charge in [0.2, 0.25) is 11.8 Å². The molecule has 2 aromatic carbocycles. The molecule has 0 bridgehead atoms. The van der Waals surface area contributed by atoms with Gasteiger partial charge in [0.1, 0.15) is 17.8 Å². The molecule has 2 heterocycles. The topological polar surface area (TPSA) is 79.9 Å². The van der Waals surface area contributed by atoms with E-state index in [9.17, 15) is 9.59 Å². The highest BCUT2D eigenvalue weighted by atomic mass is 16.5. The van der Waals surface area contributed by atoms with Crippen LogP contribution in [-0.4, -0.2) is 55.1 Å². The molecule has 0 aliphatic carbocycles. The Morgan fingerprint density at radius 1 is 1.10 bits per heavy atom. The normalized spacial score (nSPS) is 23.2. The minimum absolute atomic E-state index is 0.0693. The minimum Gasteiger partial charge on any atom is -0.497 e. The molecule has 0 aromatic heterocycles. The molecule has 2 aromatic rings. The number of carbonyl (C=O) groups is 2. The fourth-order valence-electron chi connectivity index (χ4n) is 4.03. The Bertz CT molecular complexity index is 889. The van der Waals surface area contributed by atoms with E-state index in [1.54, 1.807) is 12.0 Å². The SMILES string of the molecule is COc1cccc(CN[C@H]2C[C@H]3C(=O)N[C@@H](COCc4ccccc4)C(=O)N3C2)c1. The summed E-state index contributed by atoms with van der Waals surface area (Å²) in [5, 5.41) is 6.30. The van der Waals surface area contributed by atoms with Crippen molar-refractivity contribution in [2.24, 2.45) is 0 Å². The summed E-state index contributed by atoms with van der Waals surface area (Å²) in [6.45, 7) is 1.76. The third-order valence-corrected chi connectivity index (χ3v) is 5.63. The number of fused-ring (bicyclic) bond motifs is 1. The van der Waals surface area contributed by atoms with Crippen LogP contribution in [-0.2, 0) is 27.5 Å². The predicted molar refractivity (Wildman–Crippen MR) is 112 cm³/mol. The number of rotatable bonds is 8. The Balaban J connectivity index is 1.30. The first-order valence-corrected chi connectivity index (χ1v) is 10.2. The lowest BCUT2D eigenvalue weighted by Gasteiger charge is -2.34. The monoisotopic (exact) mass is 409 g/mol. The number of benzene rings is 2. The molecule has 2 amide bonds. The Kier molecular flexibility index (Phi) is 6.30. The van der Waals surface area contributed by atoms with Crippen molar-refractivity contribution in [3.63, 3.8) is 0 Å². The summed E-state index contributed by atoms with van der Waals surface area (Å²) in [6, 6.07) is 16.7. The first-order valence-electron chi connectivity index (χ1n) is 10.2. The molecule has 0 saturated carbocycles. The summed E-state index contributed by atoms with van der Waals surface area (Å²) < 4.78 is 10.9. The molecule has 2 N–H and O–H groups in total. The summed E-state index contributed by atoms with van der Waals surface area (Å²) in [6.07, 6.45) is 0.610. The molecule has 3 atom stereocenters. The van der Waals surface area contributed by atoms with Crippen molar-refractivity contribution < 1.29 is 19.1 Å². The number of carbonyl (C=O) groups excluding carboxylic acids is 2. The summed E-state index contributed by atoms with van der Waals surface area (Å²) in [5.74, 6) is 0.637. The second-order valence-electron chi connectivity index (χ2n) is 7.73. The highest BCUT2D eigenvalue weighted by Gasteiger charge is 2.46. The van der Waals surface area contributed by atoms with Crippen molar-refractivity contribution in [1.29, 1.82) is 0 Å². The Hall–Kier alpha value is -2.90. The third kappa shape index (κ3) is 4.63. The first-order chi connectivity index (χ1) is 14.6. The number of methoxy groups -OCH3 is 1. The van der Waals surface area contributed by atoms with Crippen molar-refractivity contribution in [2.45, 2.75) is 37.7 Å². The highest BCUT2D eigenvalue weighted by Crippen LogP contribution is 2.23. The molecule has 30 heavy (non-hydrogen) atoms. The van der Waals surface area contributed by atoms with Crippen LogP contribution in [0.25, 0.3) is 0 Å². The van der Waals surface area contributed by atoms with Gasteiger partial charge in [-0.2, -0.15) is 0 Å². The number of hydrogen-bond donors (Lipinski definition) is 2. The fraction of sp³-hybridized carbons (Fsp3) is 0.391. The average molecular weight is 409 g/mol. The largest absolute Gasteiger partial charge is 0.497 e. The molecule has 2 fully saturated rings. The van der Waals surface area contributed by atoms with Crippen LogP contribution in [0.4, 0.5) is 0 Å². The second kappa shape index (κ2) is 9.28. The van der Waals surface area contributed by atoms with Crippen molar-refractivity contribution in [3.8, 4) is 5.75 Å². The van der Waals surface area contributed by atoms with E-state index in [1.165, 1.54) is 0 Å². The number of nitrogens with one attached hydrogen (secondary N) is 2. The zero-order valence-corrected chi connectivity index (χ0v) is 17.0. The maximum absolute atomic E-state index is 12.9. The van der Waals surface area contributed by atoms with Crippen LogP contribution in [0, 0.1) is 0 Å². The summed E-state index contributed by atoms with van der Waals surface area (Å²) in [7, 11) is 1.64. The predicted octanol–water partition coefficient (Wildman–Crippen LogP) is 1.47. The van der Waals surface area contributed by atoms with Crippen LogP contribution in [0.3, 0.4) is 0 Å². The molecule has 2 aliphatic heterocycles. The van der Waals surface area contributed by atoms with Gasteiger partial charge in [0, 0.05) is 19.1 Å². The van der Waals surface area contributed by atoms with Crippen molar-refractivity contribution in [3.05, 3.63) is 65.7 Å². The smallest absolute Gasteiger partial charge is 0.248 e. The summed E-state index contributed by atoms with van der Waals surface area (Å²) in [5.41, 5.74) is 2.13. The van der Waals surface area contributed by atoms with Crippen LogP contribution >= 0.6 is 0 Å². The molecule has 2 saturated heterocycles. The van der Waals surface area contributed by atoms with Gasteiger partial charge in [0.05, 0.1) is 20.3 Å². The molecule has 2 aliphatic rings. The number of ether oxygens (including phenoxy) is 2. The molecule has 7 nitrogen and oxygen atoms in total. The van der Waals surface area contributed by atoms with E-state index in [-0.39, 0.29) is 24.5 Å². The molecular formula is C23H27N3O4. The Morgan fingerprint density at radius 2 is 1.90 bits per heavy atom. The van der Waals surface area contributed by atoms with Crippen LogP contribution in [0.1, 0.15) is 17.5 Å². The van der Waals surface area contributed by atoms with E-state index >= 15 is 0 Å². The molecule has 7 heteroatoms. The molecular weight excluding hydrogens is 382 g/mol. The zero-order valence-electron chi connectivity index (χ0n) is 17.0. The van der Waals surface area contributed by atoms with Gasteiger partial charge in [-0.1, -0.05) is 42.5 Å². The van der Waals surface area contributed by atoms with Crippen LogP contribution in [0.2, 0.25) is 0 Å². The minimum atomic E-state index is -0.630. The van der Waals surface area contributed by atoms with Crippen molar-refractivity contribution in [2.75, 3.05) is 20.3 Å². The number of nitrogens with zero attached hydrogens (tertiary/aromatic N) is 1. The van der Waals surface area contributed by atoms with Gasteiger partial charge in [0.25, 0.3) is 0 Å². The first kappa shape index (κ1) is 20.4. The van der Waals surface area contributed by atoms with E-state index in [0.29, 0.717) is 26.1 Å². The van der Waals surface area contributed by atoms with Crippen molar-refractivity contribution in [1.82, 2.24) is 15.5 Å². The van der Waals surface area contributed by atoms with Crippen LogP contribution in [0.5, 0.6) is 5.75 Å². The van der Waals surface area contributed by atoms with Crippen LogP contribution in [0.15, 0.2) is 54.6 Å². The Labute approximate surface area is 176 Å². The van der Waals surface area contributed by atoms with E-state index < -0.39 is 12.1 Å². The lowest BCUT2D eigenvalue weighted by atomic mass is 10.1. The van der Waals surface area contributed by atoms with Gasteiger partial charge in [0.15, 0.2) is 0 Å². The van der Waals surface area contributed by atoms with Gasteiger partial charge in [-0.05, 0) is 29.7 Å². The third-order valence-electron chi connectivity index (χ3n) is 5.63.